The van der Waals surface area contributed by atoms with E-state index in [0.717, 1.165) is 17.9 Å². The van der Waals surface area contributed by atoms with E-state index in [1.54, 1.807) is 24.5 Å². The second-order valence-corrected chi connectivity index (χ2v) is 5.07. The number of nitrogens with one attached hydrogen (secondary N) is 1. The lowest BCUT2D eigenvalue weighted by Crippen LogP contribution is -2.24. The third kappa shape index (κ3) is 3.74. The highest BCUT2D eigenvalue weighted by molar-refractivity contribution is 6.30. The van der Waals surface area contributed by atoms with Gasteiger partial charge in [0, 0.05) is 11.2 Å². The Morgan fingerprint density at radius 1 is 1.30 bits per heavy atom. The van der Waals surface area contributed by atoms with Crippen LogP contribution < -0.4 is 5.32 Å². The van der Waals surface area contributed by atoms with Crippen molar-refractivity contribution in [1.82, 2.24) is 15.3 Å². The molecule has 1 aromatic carbocycles. The number of likely N-dealkylation sites (N-methyl/N-ethyl adjacent to an activating group) is 1. The van der Waals surface area contributed by atoms with E-state index in [1.165, 1.54) is 6.07 Å². The van der Waals surface area contributed by atoms with Crippen molar-refractivity contribution in [3.05, 3.63) is 58.4 Å². The molecule has 3 nitrogen and oxygen atoms in total. The number of halogens is 2. The minimum absolute atomic E-state index is 0.0823. The first-order chi connectivity index (χ1) is 9.60. The van der Waals surface area contributed by atoms with Gasteiger partial charge in [-0.3, -0.25) is 9.97 Å². The largest absolute Gasteiger partial charge is 0.309 e. The first-order valence-electron chi connectivity index (χ1n) is 6.56. The van der Waals surface area contributed by atoms with Crippen molar-refractivity contribution in [2.75, 3.05) is 6.54 Å². The molecule has 0 spiro atoms. The topological polar surface area (TPSA) is 37.8 Å². The molecule has 5 heteroatoms. The minimum Gasteiger partial charge on any atom is -0.309 e. The van der Waals surface area contributed by atoms with Crippen molar-refractivity contribution in [3.8, 4) is 0 Å². The molecule has 2 rings (SSSR count). The van der Waals surface area contributed by atoms with Crippen LogP contribution in [0, 0.1) is 12.7 Å². The molecule has 0 saturated heterocycles. The second kappa shape index (κ2) is 6.77. The Hall–Kier alpha value is -1.52. The van der Waals surface area contributed by atoms with Gasteiger partial charge in [0.15, 0.2) is 0 Å². The van der Waals surface area contributed by atoms with Crippen molar-refractivity contribution in [2.24, 2.45) is 0 Å². The third-order valence-corrected chi connectivity index (χ3v) is 3.28. The van der Waals surface area contributed by atoms with E-state index in [0.29, 0.717) is 17.0 Å². The molecule has 0 bridgehead atoms. The van der Waals surface area contributed by atoms with E-state index < -0.39 is 0 Å². The summed E-state index contributed by atoms with van der Waals surface area (Å²) in [6.07, 6.45) is 3.93. The van der Waals surface area contributed by atoms with Crippen LogP contribution in [-0.4, -0.2) is 16.5 Å². The van der Waals surface area contributed by atoms with E-state index in [4.69, 9.17) is 11.6 Å². The van der Waals surface area contributed by atoms with Gasteiger partial charge >= 0.3 is 0 Å². The van der Waals surface area contributed by atoms with Crippen molar-refractivity contribution in [2.45, 2.75) is 26.3 Å². The van der Waals surface area contributed by atoms with Gasteiger partial charge in [0.25, 0.3) is 0 Å². The van der Waals surface area contributed by atoms with Crippen LogP contribution in [0.2, 0.25) is 5.02 Å². The fraction of sp³-hybridized carbons (Fsp3) is 0.333. The SMILES string of the molecule is CCNC(Cc1cc(Cl)ccc1F)c1cnc(C)cn1. The molecule has 2 aromatic rings. The first kappa shape index (κ1) is 14.9. The van der Waals surface area contributed by atoms with Crippen LogP contribution in [-0.2, 0) is 6.42 Å². The molecule has 1 N–H and O–H groups in total. The zero-order valence-electron chi connectivity index (χ0n) is 11.5. The highest BCUT2D eigenvalue weighted by Crippen LogP contribution is 2.21. The van der Waals surface area contributed by atoms with Crippen molar-refractivity contribution in [1.29, 1.82) is 0 Å². The summed E-state index contributed by atoms with van der Waals surface area (Å²) in [6.45, 7) is 4.65. The number of aryl methyl sites for hydroxylation is 1. The highest BCUT2D eigenvalue weighted by atomic mass is 35.5. The van der Waals surface area contributed by atoms with Crippen molar-refractivity contribution in [3.63, 3.8) is 0 Å². The average Bonchev–Trinajstić information content (AvgIpc) is 2.43. The lowest BCUT2D eigenvalue weighted by atomic mass is 10.0. The molecular weight excluding hydrogens is 277 g/mol. The molecular formula is C15H17ClFN3. The third-order valence-electron chi connectivity index (χ3n) is 3.04. The van der Waals surface area contributed by atoms with Gasteiger partial charge in [0.2, 0.25) is 0 Å². The van der Waals surface area contributed by atoms with Crippen LogP contribution in [0.1, 0.15) is 29.9 Å². The monoisotopic (exact) mass is 293 g/mol. The zero-order chi connectivity index (χ0) is 14.5. The van der Waals surface area contributed by atoms with Crippen molar-refractivity contribution >= 4 is 11.6 Å². The summed E-state index contributed by atoms with van der Waals surface area (Å²) in [5, 5.41) is 3.84. The maximum absolute atomic E-state index is 13.8. The van der Waals surface area contributed by atoms with Crippen LogP contribution in [0.3, 0.4) is 0 Å². The van der Waals surface area contributed by atoms with Gasteiger partial charge in [-0.15, -0.1) is 0 Å². The molecule has 20 heavy (non-hydrogen) atoms. The number of aromatic nitrogens is 2. The number of hydrogen-bond acceptors (Lipinski definition) is 3. The summed E-state index contributed by atoms with van der Waals surface area (Å²) in [5.74, 6) is -0.252. The van der Waals surface area contributed by atoms with E-state index in [1.807, 2.05) is 13.8 Å². The minimum atomic E-state index is -0.252. The molecule has 0 radical (unpaired) electrons. The Morgan fingerprint density at radius 3 is 2.75 bits per heavy atom. The molecule has 1 aromatic heterocycles. The lowest BCUT2D eigenvalue weighted by molar-refractivity contribution is 0.516. The van der Waals surface area contributed by atoms with Crippen molar-refractivity contribution < 1.29 is 4.39 Å². The summed E-state index contributed by atoms with van der Waals surface area (Å²) in [5.41, 5.74) is 2.24. The molecule has 0 fully saturated rings. The lowest BCUT2D eigenvalue weighted by Gasteiger charge is -2.17. The first-order valence-corrected chi connectivity index (χ1v) is 6.93. The quantitative estimate of drug-likeness (QED) is 0.917. The fourth-order valence-corrected chi connectivity index (χ4v) is 2.22. The summed E-state index contributed by atoms with van der Waals surface area (Å²) in [7, 11) is 0. The number of hydrogen-bond donors (Lipinski definition) is 1. The van der Waals surface area contributed by atoms with E-state index in [-0.39, 0.29) is 11.9 Å². The van der Waals surface area contributed by atoms with Gasteiger partial charge in [-0.2, -0.15) is 0 Å². The highest BCUT2D eigenvalue weighted by Gasteiger charge is 2.15. The molecule has 1 atom stereocenters. The zero-order valence-corrected chi connectivity index (χ0v) is 12.3. The maximum Gasteiger partial charge on any atom is 0.126 e. The summed E-state index contributed by atoms with van der Waals surface area (Å²) >= 11 is 5.93. The van der Waals surface area contributed by atoms with Gasteiger partial charge < -0.3 is 5.32 Å². The van der Waals surface area contributed by atoms with E-state index >= 15 is 0 Å². The standard InChI is InChI=1S/C15H17ClFN3/c1-3-18-14(15-9-19-10(2)8-20-15)7-11-6-12(16)4-5-13(11)17/h4-6,8-9,14,18H,3,7H2,1-2H3. The van der Waals surface area contributed by atoms with Crippen LogP contribution in [0.25, 0.3) is 0 Å². The predicted octanol–water partition coefficient (Wildman–Crippen LogP) is 3.47. The molecule has 106 valence electrons. The Morgan fingerprint density at radius 2 is 2.10 bits per heavy atom. The van der Waals surface area contributed by atoms with Gasteiger partial charge in [-0.25, -0.2) is 4.39 Å². The van der Waals surface area contributed by atoms with E-state index in [2.05, 4.69) is 15.3 Å². The molecule has 1 heterocycles. The van der Waals surface area contributed by atoms with Gasteiger partial charge in [0.1, 0.15) is 5.82 Å². The summed E-state index contributed by atoms with van der Waals surface area (Å²) in [6, 6.07) is 4.51. The van der Waals surface area contributed by atoms with Crippen LogP contribution >= 0.6 is 11.6 Å². The second-order valence-electron chi connectivity index (χ2n) is 4.63. The Kier molecular flexibility index (Phi) is 5.04. The molecule has 0 aliphatic rings. The molecule has 1 unspecified atom stereocenters. The number of nitrogens with zero attached hydrogens (tertiary/aromatic N) is 2. The molecule has 0 saturated carbocycles. The number of rotatable bonds is 5. The Balaban J connectivity index is 2.25. The Labute approximate surface area is 123 Å². The molecule has 0 aliphatic heterocycles. The maximum atomic E-state index is 13.8. The molecule has 0 amide bonds. The summed E-state index contributed by atoms with van der Waals surface area (Å²) in [4.78, 5) is 8.61. The predicted molar refractivity (Wildman–Crippen MR) is 78.3 cm³/mol. The molecule has 0 aliphatic carbocycles. The van der Waals surface area contributed by atoms with Crippen LogP contribution in [0.4, 0.5) is 4.39 Å². The van der Waals surface area contributed by atoms with Gasteiger partial charge in [-0.1, -0.05) is 18.5 Å². The fourth-order valence-electron chi connectivity index (χ4n) is 2.03. The Bertz CT molecular complexity index is 572. The van der Waals surface area contributed by atoms with Gasteiger partial charge in [-0.05, 0) is 43.7 Å². The smallest absolute Gasteiger partial charge is 0.126 e. The summed E-state index contributed by atoms with van der Waals surface area (Å²) < 4.78 is 13.8. The van der Waals surface area contributed by atoms with E-state index in [9.17, 15) is 4.39 Å². The average molecular weight is 294 g/mol. The van der Waals surface area contributed by atoms with Crippen LogP contribution in [0.5, 0.6) is 0 Å². The van der Waals surface area contributed by atoms with Crippen LogP contribution in [0.15, 0.2) is 30.6 Å². The number of benzene rings is 1. The normalized spacial score (nSPS) is 12.4. The van der Waals surface area contributed by atoms with Gasteiger partial charge in [0.05, 0.1) is 23.6 Å².